The van der Waals surface area contributed by atoms with Crippen LogP contribution in [0.1, 0.15) is 19.8 Å². The number of amides is 3. The molecule has 22 heavy (non-hydrogen) atoms. The predicted octanol–water partition coefficient (Wildman–Crippen LogP) is 3.72. The van der Waals surface area contributed by atoms with Gasteiger partial charge < -0.3 is 0 Å². The first-order chi connectivity index (χ1) is 10.6. The number of imide groups is 1. The number of para-hydroxylation sites is 1. The van der Waals surface area contributed by atoms with Gasteiger partial charge in [0.1, 0.15) is 5.82 Å². The first-order valence-corrected chi connectivity index (χ1v) is 9.08. The van der Waals surface area contributed by atoms with Gasteiger partial charge in [0.05, 0.1) is 5.69 Å². The molecule has 2 rings (SSSR count). The summed E-state index contributed by atoms with van der Waals surface area (Å²) in [7, 11) is 4.00. The molecule has 0 N–H and O–H groups in total. The summed E-state index contributed by atoms with van der Waals surface area (Å²) in [5.41, 5.74) is 0.0307. The van der Waals surface area contributed by atoms with E-state index in [9.17, 15) is 14.0 Å². The Morgan fingerprint density at radius 2 is 2.00 bits per heavy atom. The highest BCUT2D eigenvalue weighted by atomic mass is 33.1. The Morgan fingerprint density at radius 1 is 1.27 bits per heavy atom. The third-order valence-corrected chi connectivity index (χ3v) is 4.89. The SMILES string of the molecule is CCCCSS/N=C1/C(=O)N(C)C(=O)N1c1ccccc1F. The highest BCUT2D eigenvalue weighted by Crippen LogP contribution is 2.29. The van der Waals surface area contributed by atoms with Crippen LogP contribution in [0, 0.1) is 5.82 Å². The normalized spacial score (nSPS) is 17.0. The van der Waals surface area contributed by atoms with Crippen molar-refractivity contribution in [2.75, 3.05) is 17.7 Å². The fraction of sp³-hybridized carbons (Fsp3) is 0.357. The lowest BCUT2D eigenvalue weighted by Gasteiger charge is -2.15. The fourth-order valence-corrected chi connectivity index (χ4v) is 3.52. The molecule has 118 valence electrons. The first-order valence-electron chi connectivity index (χ1n) is 6.81. The van der Waals surface area contributed by atoms with Gasteiger partial charge in [0.2, 0.25) is 5.84 Å². The van der Waals surface area contributed by atoms with Crippen molar-refractivity contribution in [1.82, 2.24) is 4.90 Å². The topological polar surface area (TPSA) is 53.0 Å². The summed E-state index contributed by atoms with van der Waals surface area (Å²) in [6.45, 7) is 2.09. The standard InChI is InChI=1S/C14H16FN3O2S2/c1-3-4-9-21-22-16-12-13(19)17(2)14(20)18(12)11-8-6-5-7-10(11)15/h5-8H,3-4,9H2,1-2H3/b16-12-. The molecule has 1 heterocycles. The number of likely N-dealkylation sites (N-methyl/N-ethyl adjacent to an activating group) is 1. The third-order valence-electron chi connectivity index (χ3n) is 3.04. The number of hydrogen-bond acceptors (Lipinski definition) is 5. The van der Waals surface area contributed by atoms with Crippen LogP contribution in [-0.4, -0.2) is 35.5 Å². The summed E-state index contributed by atoms with van der Waals surface area (Å²) < 4.78 is 18.1. The minimum Gasteiger partial charge on any atom is -0.265 e. The van der Waals surface area contributed by atoms with E-state index < -0.39 is 17.8 Å². The van der Waals surface area contributed by atoms with Crippen LogP contribution in [0.2, 0.25) is 0 Å². The monoisotopic (exact) mass is 341 g/mol. The number of carbonyl (C=O) groups excluding carboxylic acids is 2. The van der Waals surface area contributed by atoms with Crippen LogP contribution in [0.3, 0.4) is 0 Å². The molecular formula is C14H16FN3O2S2. The number of carbonyl (C=O) groups is 2. The summed E-state index contributed by atoms with van der Waals surface area (Å²) in [5.74, 6) is -0.269. The van der Waals surface area contributed by atoms with Gasteiger partial charge in [0.25, 0.3) is 5.91 Å². The lowest BCUT2D eigenvalue weighted by atomic mass is 10.3. The van der Waals surface area contributed by atoms with Gasteiger partial charge in [-0.15, -0.1) is 0 Å². The second-order valence-corrected chi connectivity index (χ2v) is 6.73. The average molecular weight is 341 g/mol. The molecule has 1 aliphatic rings. The maximum atomic E-state index is 13.9. The quantitative estimate of drug-likeness (QED) is 0.342. The van der Waals surface area contributed by atoms with E-state index in [1.54, 1.807) is 6.07 Å². The van der Waals surface area contributed by atoms with E-state index >= 15 is 0 Å². The van der Waals surface area contributed by atoms with Crippen LogP contribution in [-0.2, 0) is 4.79 Å². The summed E-state index contributed by atoms with van der Waals surface area (Å²) in [6.07, 6.45) is 2.12. The van der Waals surface area contributed by atoms with E-state index in [-0.39, 0.29) is 11.5 Å². The van der Waals surface area contributed by atoms with Crippen LogP contribution < -0.4 is 4.90 Å². The third kappa shape index (κ3) is 3.44. The molecular weight excluding hydrogens is 325 g/mol. The van der Waals surface area contributed by atoms with Crippen molar-refractivity contribution in [2.45, 2.75) is 19.8 Å². The predicted molar refractivity (Wildman–Crippen MR) is 89.4 cm³/mol. The minimum absolute atomic E-state index is 0.0307. The average Bonchev–Trinajstić information content (AvgIpc) is 2.72. The van der Waals surface area contributed by atoms with E-state index in [1.807, 2.05) is 0 Å². The number of urea groups is 1. The van der Waals surface area contributed by atoms with E-state index in [0.717, 1.165) is 39.4 Å². The Bertz CT molecular complexity index is 610. The second-order valence-electron chi connectivity index (χ2n) is 4.60. The minimum atomic E-state index is -0.604. The van der Waals surface area contributed by atoms with Gasteiger partial charge in [0.15, 0.2) is 0 Å². The Kier molecular flexibility index (Phi) is 5.84. The number of hydrogen-bond donors (Lipinski definition) is 0. The molecule has 5 nitrogen and oxygen atoms in total. The smallest absolute Gasteiger partial charge is 0.265 e. The van der Waals surface area contributed by atoms with Gasteiger partial charge in [-0.2, -0.15) is 4.40 Å². The van der Waals surface area contributed by atoms with Gasteiger partial charge in [0, 0.05) is 23.8 Å². The van der Waals surface area contributed by atoms with Crippen molar-refractivity contribution < 1.29 is 14.0 Å². The number of anilines is 1. The zero-order valence-electron chi connectivity index (χ0n) is 12.3. The summed E-state index contributed by atoms with van der Waals surface area (Å²) >= 11 is 0. The van der Waals surface area contributed by atoms with E-state index in [1.165, 1.54) is 36.0 Å². The van der Waals surface area contributed by atoms with E-state index in [0.29, 0.717) is 0 Å². The highest BCUT2D eigenvalue weighted by molar-refractivity contribution is 8.76. The number of rotatable bonds is 6. The molecule has 0 aliphatic carbocycles. The Morgan fingerprint density at radius 3 is 2.68 bits per heavy atom. The van der Waals surface area contributed by atoms with Crippen molar-refractivity contribution in [2.24, 2.45) is 4.40 Å². The molecule has 8 heteroatoms. The van der Waals surface area contributed by atoms with Gasteiger partial charge in [-0.1, -0.05) is 36.3 Å². The van der Waals surface area contributed by atoms with Crippen molar-refractivity contribution >= 4 is 45.2 Å². The maximum absolute atomic E-state index is 13.9. The van der Waals surface area contributed by atoms with Crippen LogP contribution in [0.4, 0.5) is 14.9 Å². The molecule has 1 aromatic carbocycles. The summed E-state index contributed by atoms with van der Waals surface area (Å²) in [4.78, 5) is 26.3. The second kappa shape index (κ2) is 7.64. The van der Waals surface area contributed by atoms with Crippen LogP contribution >= 0.6 is 21.8 Å². The van der Waals surface area contributed by atoms with Crippen molar-refractivity contribution in [3.63, 3.8) is 0 Å². The van der Waals surface area contributed by atoms with Crippen LogP contribution in [0.15, 0.2) is 28.7 Å². The number of benzene rings is 1. The Labute approximate surface area is 136 Å². The molecule has 1 aromatic rings. The van der Waals surface area contributed by atoms with Crippen molar-refractivity contribution in [3.8, 4) is 0 Å². The number of amidine groups is 1. The van der Waals surface area contributed by atoms with Gasteiger partial charge in [-0.05, 0) is 18.6 Å². The number of unbranched alkanes of at least 4 members (excludes halogenated alkanes) is 1. The molecule has 1 aliphatic heterocycles. The number of nitrogens with zero attached hydrogens (tertiary/aromatic N) is 3. The molecule has 0 radical (unpaired) electrons. The lowest BCUT2D eigenvalue weighted by molar-refractivity contribution is -0.119. The van der Waals surface area contributed by atoms with Crippen molar-refractivity contribution in [3.05, 3.63) is 30.1 Å². The Balaban J connectivity index is 2.24. The molecule has 0 atom stereocenters. The Hall–Kier alpha value is -1.54. The zero-order valence-corrected chi connectivity index (χ0v) is 13.9. The first kappa shape index (κ1) is 16.8. The molecule has 0 bridgehead atoms. The molecule has 1 fully saturated rings. The largest absolute Gasteiger partial charge is 0.337 e. The van der Waals surface area contributed by atoms with Crippen LogP contribution in [0.5, 0.6) is 0 Å². The molecule has 3 amide bonds. The molecule has 0 spiro atoms. The fourth-order valence-electron chi connectivity index (χ4n) is 1.81. The van der Waals surface area contributed by atoms with Gasteiger partial charge in [-0.3, -0.25) is 9.69 Å². The highest BCUT2D eigenvalue weighted by Gasteiger charge is 2.42. The van der Waals surface area contributed by atoms with Crippen molar-refractivity contribution in [1.29, 1.82) is 0 Å². The molecule has 0 aromatic heterocycles. The van der Waals surface area contributed by atoms with E-state index in [2.05, 4.69) is 11.3 Å². The van der Waals surface area contributed by atoms with Gasteiger partial charge in [-0.25, -0.2) is 14.1 Å². The number of halogens is 1. The van der Waals surface area contributed by atoms with Crippen LogP contribution in [0.25, 0.3) is 0 Å². The van der Waals surface area contributed by atoms with E-state index in [4.69, 9.17) is 0 Å². The zero-order chi connectivity index (χ0) is 16.1. The summed E-state index contributed by atoms with van der Waals surface area (Å²) in [6, 6.07) is 5.22. The molecule has 0 saturated carbocycles. The molecule has 0 unspecified atom stereocenters. The lowest BCUT2D eigenvalue weighted by Crippen LogP contribution is -2.32. The molecule has 1 saturated heterocycles. The summed E-state index contributed by atoms with van der Waals surface area (Å²) in [5, 5.41) is 0. The maximum Gasteiger partial charge on any atom is 0.337 e. The van der Waals surface area contributed by atoms with Gasteiger partial charge >= 0.3 is 6.03 Å².